The molecule has 0 unspecified atom stereocenters. The Morgan fingerprint density at radius 1 is 1.31 bits per heavy atom. The molecule has 1 aliphatic rings. The number of aliphatic imine (C=N–C) groups is 1. The second-order valence-electron chi connectivity index (χ2n) is 6.20. The predicted octanol–water partition coefficient (Wildman–Crippen LogP) is -2.68. The predicted molar refractivity (Wildman–Crippen MR) is 91.1 cm³/mol. The SMILES string of the molecule is NC(=O)[C@@H]1C[C@H](NC(=O)C(F)(F)F)CN1C(=O)[C@H](N)CCCN=C(N)N[N+](=O)[O-]. The lowest BCUT2D eigenvalue weighted by atomic mass is 10.1. The van der Waals surface area contributed by atoms with E-state index in [0.717, 1.165) is 4.90 Å². The summed E-state index contributed by atoms with van der Waals surface area (Å²) in [5, 5.41) is 11.0. The topological polar surface area (TPSA) is 212 Å². The van der Waals surface area contributed by atoms with Gasteiger partial charge in [0.1, 0.15) is 6.04 Å². The molecule has 0 bridgehead atoms. The molecule has 16 heteroatoms. The molecule has 0 aromatic rings. The molecule has 0 aromatic heterocycles. The van der Waals surface area contributed by atoms with Gasteiger partial charge in [0, 0.05) is 19.1 Å². The van der Waals surface area contributed by atoms with Crippen molar-refractivity contribution in [3.63, 3.8) is 0 Å². The van der Waals surface area contributed by atoms with Crippen molar-refractivity contribution in [2.45, 2.75) is 43.6 Å². The molecule has 0 saturated carbocycles. The average Bonchev–Trinajstić information content (AvgIpc) is 3.00. The van der Waals surface area contributed by atoms with Gasteiger partial charge in [-0.3, -0.25) is 14.4 Å². The Labute approximate surface area is 161 Å². The molecule has 8 N–H and O–H groups in total. The molecule has 0 aliphatic carbocycles. The van der Waals surface area contributed by atoms with Crippen LogP contribution in [0.5, 0.6) is 0 Å². The fourth-order valence-electron chi connectivity index (χ4n) is 2.70. The lowest BCUT2D eigenvalue weighted by Crippen LogP contribution is -2.50. The van der Waals surface area contributed by atoms with Crippen LogP contribution in [0.3, 0.4) is 0 Å². The number of rotatable bonds is 8. The van der Waals surface area contributed by atoms with Crippen molar-refractivity contribution < 1.29 is 32.6 Å². The number of carbonyl (C=O) groups excluding carboxylic acids is 3. The summed E-state index contributed by atoms with van der Waals surface area (Å²) in [5.41, 5.74) is 17.8. The molecule has 1 aliphatic heterocycles. The summed E-state index contributed by atoms with van der Waals surface area (Å²) in [6.45, 7) is -0.350. The quantitative estimate of drug-likeness (QED) is 0.0905. The zero-order valence-electron chi connectivity index (χ0n) is 15.0. The van der Waals surface area contributed by atoms with E-state index in [9.17, 15) is 37.7 Å². The molecule has 1 heterocycles. The van der Waals surface area contributed by atoms with Crippen LogP contribution in [-0.4, -0.2) is 71.0 Å². The number of hydrogen-bond donors (Lipinski definition) is 5. The molecular formula is C13H21F3N8O5. The third kappa shape index (κ3) is 7.40. The Morgan fingerprint density at radius 3 is 2.45 bits per heavy atom. The second kappa shape index (κ2) is 9.85. The minimum atomic E-state index is -5.11. The van der Waals surface area contributed by atoms with Gasteiger partial charge in [-0.05, 0) is 19.3 Å². The molecule has 13 nitrogen and oxygen atoms in total. The summed E-state index contributed by atoms with van der Waals surface area (Å²) in [6, 6.07) is -3.46. The van der Waals surface area contributed by atoms with Crippen LogP contribution in [0.15, 0.2) is 4.99 Å². The fraction of sp³-hybridized carbons (Fsp3) is 0.692. The van der Waals surface area contributed by atoms with Crippen molar-refractivity contribution in [2.75, 3.05) is 13.1 Å². The van der Waals surface area contributed by atoms with E-state index >= 15 is 0 Å². The summed E-state index contributed by atoms with van der Waals surface area (Å²) in [6.07, 6.45) is -5.13. The number of carbonyl (C=O) groups is 3. The van der Waals surface area contributed by atoms with Gasteiger partial charge in [-0.1, -0.05) is 5.43 Å². The molecule has 3 amide bonds. The molecular weight excluding hydrogens is 405 g/mol. The van der Waals surface area contributed by atoms with E-state index in [-0.39, 0.29) is 32.4 Å². The number of hydrogen-bond acceptors (Lipinski definition) is 7. The van der Waals surface area contributed by atoms with Crippen LogP contribution in [0, 0.1) is 10.1 Å². The van der Waals surface area contributed by atoms with E-state index in [1.807, 2.05) is 0 Å². The average molecular weight is 426 g/mol. The molecule has 164 valence electrons. The largest absolute Gasteiger partial charge is 0.471 e. The fourth-order valence-corrected chi connectivity index (χ4v) is 2.70. The molecule has 0 spiro atoms. The van der Waals surface area contributed by atoms with Gasteiger partial charge < -0.3 is 27.4 Å². The first-order valence-corrected chi connectivity index (χ1v) is 8.27. The number of likely N-dealkylation sites (tertiary alicyclic amines) is 1. The van der Waals surface area contributed by atoms with Gasteiger partial charge in [-0.15, -0.1) is 0 Å². The normalized spacial score (nSPS) is 20.8. The summed E-state index contributed by atoms with van der Waals surface area (Å²) in [7, 11) is 0. The van der Waals surface area contributed by atoms with Crippen molar-refractivity contribution in [1.82, 2.24) is 15.6 Å². The smallest absolute Gasteiger partial charge is 0.368 e. The second-order valence-corrected chi connectivity index (χ2v) is 6.20. The lowest BCUT2D eigenvalue weighted by Gasteiger charge is -2.25. The zero-order valence-corrected chi connectivity index (χ0v) is 15.0. The number of halogens is 3. The molecule has 29 heavy (non-hydrogen) atoms. The highest BCUT2D eigenvalue weighted by molar-refractivity contribution is 5.90. The molecule has 1 saturated heterocycles. The van der Waals surface area contributed by atoms with Gasteiger partial charge in [0.15, 0.2) is 5.03 Å². The van der Waals surface area contributed by atoms with Crippen LogP contribution in [0.25, 0.3) is 0 Å². The monoisotopic (exact) mass is 426 g/mol. The maximum atomic E-state index is 12.5. The number of primary amides is 1. The van der Waals surface area contributed by atoms with Crippen LogP contribution >= 0.6 is 0 Å². The van der Waals surface area contributed by atoms with Crippen molar-refractivity contribution >= 4 is 23.7 Å². The number of nitro groups is 1. The van der Waals surface area contributed by atoms with E-state index in [4.69, 9.17) is 17.2 Å². The van der Waals surface area contributed by atoms with Crippen LogP contribution in [0.1, 0.15) is 19.3 Å². The first-order valence-electron chi connectivity index (χ1n) is 8.27. The minimum absolute atomic E-state index is 0.0111. The van der Waals surface area contributed by atoms with E-state index in [2.05, 4.69) is 4.99 Å². The van der Waals surface area contributed by atoms with Crippen LogP contribution in [-0.2, 0) is 14.4 Å². The third-order valence-corrected chi connectivity index (χ3v) is 3.98. The van der Waals surface area contributed by atoms with Gasteiger partial charge in [-0.2, -0.15) is 13.2 Å². The van der Waals surface area contributed by atoms with Crippen LogP contribution in [0.4, 0.5) is 13.2 Å². The number of alkyl halides is 3. The van der Waals surface area contributed by atoms with Crippen LogP contribution < -0.4 is 27.9 Å². The maximum Gasteiger partial charge on any atom is 0.471 e. The van der Waals surface area contributed by atoms with E-state index in [1.165, 1.54) is 0 Å². The maximum absolute atomic E-state index is 12.5. The van der Waals surface area contributed by atoms with Crippen molar-refractivity contribution in [3.8, 4) is 0 Å². The molecule has 0 radical (unpaired) electrons. The van der Waals surface area contributed by atoms with Gasteiger partial charge in [0.2, 0.25) is 11.8 Å². The van der Waals surface area contributed by atoms with Crippen LogP contribution in [0.2, 0.25) is 0 Å². The number of amides is 3. The number of nitrogens with zero attached hydrogens (tertiary/aromatic N) is 3. The highest BCUT2D eigenvalue weighted by Crippen LogP contribution is 2.22. The number of hydrazine groups is 1. The summed E-state index contributed by atoms with van der Waals surface area (Å²) >= 11 is 0. The summed E-state index contributed by atoms with van der Waals surface area (Å²) < 4.78 is 37.1. The molecule has 1 rings (SSSR count). The molecule has 0 aromatic carbocycles. The molecule has 3 atom stereocenters. The Balaban J connectivity index is 2.64. The highest BCUT2D eigenvalue weighted by Gasteiger charge is 2.44. The lowest BCUT2D eigenvalue weighted by molar-refractivity contribution is -0.525. The van der Waals surface area contributed by atoms with Gasteiger partial charge >= 0.3 is 12.1 Å². The first-order chi connectivity index (χ1) is 13.3. The van der Waals surface area contributed by atoms with E-state index in [1.54, 1.807) is 10.7 Å². The number of guanidine groups is 1. The third-order valence-electron chi connectivity index (χ3n) is 3.98. The zero-order chi connectivity index (χ0) is 22.4. The summed E-state index contributed by atoms with van der Waals surface area (Å²) in [4.78, 5) is 49.8. The number of nitrogens with one attached hydrogen (secondary N) is 2. The Bertz CT molecular complexity index is 686. The highest BCUT2D eigenvalue weighted by atomic mass is 19.4. The summed E-state index contributed by atoms with van der Waals surface area (Å²) in [5.74, 6) is -4.31. The Kier molecular flexibility index (Phi) is 8.11. The van der Waals surface area contributed by atoms with Crippen molar-refractivity contribution in [1.29, 1.82) is 0 Å². The van der Waals surface area contributed by atoms with Gasteiger partial charge in [0.25, 0.3) is 5.96 Å². The van der Waals surface area contributed by atoms with E-state index in [0.29, 0.717) is 0 Å². The minimum Gasteiger partial charge on any atom is -0.368 e. The number of nitrogens with two attached hydrogens (primary N) is 3. The Hall–Kier alpha value is -3.17. The van der Waals surface area contributed by atoms with E-state index < -0.39 is 53.0 Å². The van der Waals surface area contributed by atoms with Crippen molar-refractivity contribution in [2.24, 2.45) is 22.2 Å². The van der Waals surface area contributed by atoms with Crippen molar-refractivity contribution in [3.05, 3.63) is 10.1 Å². The van der Waals surface area contributed by atoms with Gasteiger partial charge in [-0.25, -0.2) is 15.1 Å². The first kappa shape index (κ1) is 23.9. The standard InChI is InChI=1S/C13H21F3N8O5/c14-13(15,16)11(27)21-6-4-8(9(18)25)23(5-6)10(26)7(17)2-1-3-20-12(19)22-24(28)29/h6-8H,1-5,17H2,(H2,18,25)(H,21,27)(H3,19,20,22)/t6-,7+,8-/m0/s1. The molecule has 1 fully saturated rings. The van der Waals surface area contributed by atoms with Gasteiger partial charge in [0.05, 0.1) is 6.04 Å². The Morgan fingerprint density at radius 2 is 1.93 bits per heavy atom.